The maximum absolute atomic E-state index is 13.4. The van der Waals surface area contributed by atoms with Gasteiger partial charge in [-0.05, 0) is 42.0 Å². The van der Waals surface area contributed by atoms with Crippen LogP contribution in [0.5, 0.6) is 0 Å². The summed E-state index contributed by atoms with van der Waals surface area (Å²) in [6.07, 6.45) is -4.76. The van der Waals surface area contributed by atoms with E-state index in [2.05, 4.69) is 9.72 Å². The van der Waals surface area contributed by atoms with Gasteiger partial charge in [-0.25, -0.2) is 9.59 Å². The number of esters is 1. The first-order chi connectivity index (χ1) is 13.1. The Hall–Kier alpha value is -2.71. The van der Waals surface area contributed by atoms with Crippen LogP contribution in [0.15, 0.2) is 48.7 Å². The van der Waals surface area contributed by atoms with Crippen molar-refractivity contribution < 1.29 is 27.5 Å². The van der Waals surface area contributed by atoms with E-state index in [-0.39, 0.29) is 21.2 Å². The number of amides is 1. The molecule has 3 aromatic rings. The van der Waals surface area contributed by atoms with Crippen molar-refractivity contribution in [2.24, 2.45) is 0 Å². The molecule has 10 heteroatoms. The summed E-state index contributed by atoms with van der Waals surface area (Å²) < 4.78 is 44.6. The van der Waals surface area contributed by atoms with Crippen LogP contribution in [-0.2, 0) is 4.74 Å². The lowest BCUT2D eigenvalue weighted by molar-refractivity contribution is -0.155. The van der Waals surface area contributed by atoms with E-state index in [1.807, 2.05) is 0 Å². The van der Waals surface area contributed by atoms with Crippen molar-refractivity contribution in [3.05, 3.63) is 69.8 Å². The van der Waals surface area contributed by atoms with Gasteiger partial charge in [-0.2, -0.15) is 13.2 Å². The molecule has 2 aromatic carbocycles. The maximum atomic E-state index is 13.4. The first-order valence-electron chi connectivity index (χ1n) is 7.76. The van der Waals surface area contributed by atoms with E-state index in [4.69, 9.17) is 23.2 Å². The lowest BCUT2D eigenvalue weighted by atomic mass is 10.1. The van der Waals surface area contributed by atoms with Crippen LogP contribution in [0.3, 0.4) is 0 Å². The molecule has 0 spiro atoms. The SMILES string of the molecule is O=C(NC(c1ccc(Cl)c(Cl)c1)C(F)(F)F)OC(=O)c1ccc2[nH]ccc2c1. The predicted octanol–water partition coefficient (Wildman–Crippen LogP) is 5.64. The molecular weight excluding hydrogens is 420 g/mol. The zero-order valence-electron chi connectivity index (χ0n) is 13.8. The van der Waals surface area contributed by atoms with E-state index in [1.165, 1.54) is 18.2 Å². The molecule has 1 unspecified atom stereocenters. The highest BCUT2D eigenvalue weighted by molar-refractivity contribution is 6.42. The van der Waals surface area contributed by atoms with E-state index >= 15 is 0 Å². The lowest BCUT2D eigenvalue weighted by Gasteiger charge is -2.21. The minimum absolute atomic E-state index is 0.0142. The quantitative estimate of drug-likeness (QED) is 0.416. The van der Waals surface area contributed by atoms with Gasteiger partial charge in [-0.1, -0.05) is 29.3 Å². The second kappa shape index (κ2) is 7.73. The van der Waals surface area contributed by atoms with Gasteiger partial charge >= 0.3 is 18.2 Å². The molecule has 0 saturated heterocycles. The number of rotatable bonds is 3. The maximum Gasteiger partial charge on any atom is 0.415 e. The summed E-state index contributed by atoms with van der Waals surface area (Å²) in [4.78, 5) is 26.9. The fourth-order valence-electron chi connectivity index (χ4n) is 2.52. The minimum atomic E-state index is -4.86. The summed E-state index contributed by atoms with van der Waals surface area (Å²) in [5.74, 6) is -1.09. The Morgan fingerprint density at radius 1 is 1.04 bits per heavy atom. The fraction of sp³-hybridized carbons (Fsp3) is 0.111. The molecule has 1 aromatic heterocycles. The summed E-state index contributed by atoms with van der Waals surface area (Å²) in [6, 6.07) is 6.88. The molecule has 3 rings (SSSR count). The number of carbonyl (C=O) groups is 2. The van der Waals surface area contributed by atoms with Gasteiger partial charge in [0.1, 0.15) is 0 Å². The Labute approximate surface area is 166 Å². The van der Waals surface area contributed by atoms with Crippen LogP contribution in [0.1, 0.15) is 22.0 Å². The van der Waals surface area contributed by atoms with Crippen molar-refractivity contribution in [1.29, 1.82) is 0 Å². The molecule has 1 amide bonds. The molecule has 0 aliphatic heterocycles. The van der Waals surface area contributed by atoms with Gasteiger partial charge in [-0.3, -0.25) is 0 Å². The molecule has 0 aliphatic carbocycles. The normalized spacial score (nSPS) is 12.6. The highest BCUT2D eigenvalue weighted by atomic mass is 35.5. The average Bonchev–Trinajstić information content (AvgIpc) is 3.09. The zero-order valence-corrected chi connectivity index (χ0v) is 15.3. The number of H-pyrrole nitrogens is 1. The molecule has 0 radical (unpaired) electrons. The number of ether oxygens (including phenoxy) is 1. The Bertz CT molecular complexity index is 1050. The van der Waals surface area contributed by atoms with Crippen molar-refractivity contribution in [3.8, 4) is 0 Å². The third kappa shape index (κ3) is 4.40. The number of alkyl halides is 3. The van der Waals surface area contributed by atoms with Gasteiger partial charge in [0, 0.05) is 17.1 Å². The Morgan fingerprint density at radius 2 is 1.79 bits per heavy atom. The highest BCUT2D eigenvalue weighted by Gasteiger charge is 2.42. The number of aromatic amines is 1. The molecule has 0 saturated carbocycles. The first-order valence-corrected chi connectivity index (χ1v) is 8.52. The van der Waals surface area contributed by atoms with Crippen molar-refractivity contribution in [2.45, 2.75) is 12.2 Å². The summed E-state index contributed by atoms with van der Waals surface area (Å²) in [5, 5.41) is 2.27. The monoisotopic (exact) mass is 430 g/mol. The number of nitrogens with one attached hydrogen (secondary N) is 2. The lowest BCUT2D eigenvalue weighted by Crippen LogP contribution is -2.39. The molecular formula is C18H11Cl2F3N2O3. The molecule has 5 nitrogen and oxygen atoms in total. The van der Waals surface area contributed by atoms with Crippen molar-refractivity contribution in [3.63, 3.8) is 0 Å². The Balaban J connectivity index is 1.76. The molecule has 2 N–H and O–H groups in total. The molecule has 1 heterocycles. The fourth-order valence-corrected chi connectivity index (χ4v) is 2.82. The summed E-state index contributed by atoms with van der Waals surface area (Å²) >= 11 is 11.5. The number of hydrogen-bond acceptors (Lipinski definition) is 3. The molecule has 1 atom stereocenters. The van der Waals surface area contributed by atoms with Crippen molar-refractivity contribution in [1.82, 2.24) is 10.3 Å². The Kier molecular flexibility index (Phi) is 5.53. The molecule has 0 aliphatic rings. The standard InChI is InChI=1S/C18H11Cl2F3N2O3/c19-12-3-1-10(8-13(12)20)15(18(21,22)23)25-17(27)28-16(26)11-2-4-14-9(7-11)5-6-24-14/h1-8,15,24H,(H,25,27). The third-order valence-electron chi connectivity index (χ3n) is 3.84. The first kappa shape index (κ1) is 20.0. The second-order valence-corrected chi connectivity index (χ2v) is 6.56. The van der Waals surface area contributed by atoms with Gasteiger partial charge in [-0.15, -0.1) is 0 Å². The molecule has 0 bridgehead atoms. The highest BCUT2D eigenvalue weighted by Crippen LogP contribution is 2.35. The smallest absolute Gasteiger partial charge is 0.373 e. The van der Waals surface area contributed by atoms with Crippen molar-refractivity contribution in [2.75, 3.05) is 0 Å². The van der Waals surface area contributed by atoms with Crippen LogP contribution in [0.25, 0.3) is 10.9 Å². The predicted molar refractivity (Wildman–Crippen MR) is 97.5 cm³/mol. The van der Waals surface area contributed by atoms with Crippen LogP contribution in [0.2, 0.25) is 10.0 Å². The van der Waals surface area contributed by atoms with Crippen LogP contribution in [0, 0.1) is 0 Å². The van der Waals surface area contributed by atoms with Crippen LogP contribution in [0.4, 0.5) is 18.0 Å². The van der Waals surface area contributed by atoms with Crippen molar-refractivity contribution >= 4 is 46.2 Å². The topological polar surface area (TPSA) is 71.2 Å². The minimum Gasteiger partial charge on any atom is -0.373 e. The van der Waals surface area contributed by atoms with Gasteiger partial charge < -0.3 is 15.0 Å². The number of aromatic nitrogens is 1. The largest absolute Gasteiger partial charge is 0.415 e. The van der Waals surface area contributed by atoms with Crippen LogP contribution >= 0.6 is 23.2 Å². The van der Waals surface area contributed by atoms with Gasteiger partial charge in [0.25, 0.3) is 0 Å². The van der Waals surface area contributed by atoms with E-state index in [1.54, 1.807) is 23.6 Å². The van der Waals surface area contributed by atoms with Gasteiger partial charge in [0.2, 0.25) is 0 Å². The molecule has 146 valence electrons. The average molecular weight is 431 g/mol. The van der Waals surface area contributed by atoms with E-state index in [0.717, 1.165) is 17.6 Å². The third-order valence-corrected chi connectivity index (χ3v) is 4.58. The number of carbonyl (C=O) groups excluding carboxylic acids is 2. The van der Waals surface area contributed by atoms with E-state index in [9.17, 15) is 22.8 Å². The number of hydrogen-bond donors (Lipinski definition) is 2. The van der Waals surface area contributed by atoms with Gasteiger partial charge in [0.05, 0.1) is 15.6 Å². The van der Waals surface area contributed by atoms with Crippen LogP contribution in [-0.4, -0.2) is 23.2 Å². The summed E-state index contributed by atoms with van der Waals surface area (Å²) in [6.45, 7) is 0. The van der Waals surface area contributed by atoms with E-state index in [0.29, 0.717) is 5.39 Å². The summed E-state index contributed by atoms with van der Waals surface area (Å²) in [7, 11) is 0. The second-order valence-electron chi connectivity index (χ2n) is 5.75. The number of halogens is 5. The van der Waals surface area contributed by atoms with Gasteiger partial charge in [0.15, 0.2) is 6.04 Å². The number of fused-ring (bicyclic) bond motifs is 1. The number of benzene rings is 2. The zero-order chi connectivity index (χ0) is 20.5. The summed E-state index contributed by atoms with van der Waals surface area (Å²) in [5.41, 5.74) is 0.401. The van der Waals surface area contributed by atoms with Crippen LogP contribution < -0.4 is 5.32 Å². The Morgan fingerprint density at radius 3 is 2.46 bits per heavy atom. The molecule has 0 fully saturated rings. The van der Waals surface area contributed by atoms with E-state index < -0.39 is 24.3 Å². The number of alkyl carbamates (subject to hydrolysis) is 1. The molecule has 28 heavy (non-hydrogen) atoms.